The van der Waals surface area contributed by atoms with Crippen LogP contribution in [0.4, 0.5) is 18.9 Å². The van der Waals surface area contributed by atoms with Gasteiger partial charge in [-0.25, -0.2) is 9.63 Å². The van der Waals surface area contributed by atoms with Crippen molar-refractivity contribution in [1.29, 1.82) is 0 Å². The van der Waals surface area contributed by atoms with E-state index in [2.05, 4.69) is 15.2 Å². The van der Waals surface area contributed by atoms with E-state index in [1.165, 1.54) is 12.3 Å². The molecule has 6 nitrogen and oxygen atoms in total. The summed E-state index contributed by atoms with van der Waals surface area (Å²) in [5.74, 6) is 0.254. The van der Waals surface area contributed by atoms with Crippen LogP contribution < -0.4 is 15.2 Å². The third kappa shape index (κ3) is 4.14. The van der Waals surface area contributed by atoms with E-state index in [4.69, 9.17) is 4.55 Å². The van der Waals surface area contributed by atoms with Gasteiger partial charge in [-0.1, -0.05) is 6.92 Å². The Labute approximate surface area is 151 Å². The highest BCUT2D eigenvalue weighted by molar-refractivity contribution is 7.77. The number of benzene rings is 1. The minimum atomic E-state index is -4.47. The third-order valence-corrected chi connectivity index (χ3v) is 4.70. The number of alkyl halides is 3. The van der Waals surface area contributed by atoms with Crippen molar-refractivity contribution >= 4 is 27.9 Å². The molecule has 1 aromatic carbocycles. The van der Waals surface area contributed by atoms with Gasteiger partial charge in [-0.15, -0.1) is 0 Å². The molecule has 2 heterocycles. The monoisotopic (exact) mass is 388 g/mol. The van der Waals surface area contributed by atoms with Gasteiger partial charge in [0.05, 0.1) is 11.1 Å². The second-order valence-corrected chi connectivity index (χ2v) is 7.17. The lowest BCUT2D eigenvalue weighted by molar-refractivity contribution is -0.136. The van der Waals surface area contributed by atoms with Crippen LogP contribution in [0, 0.1) is 5.92 Å². The van der Waals surface area contributed by atoms with Gasteiger partial charge in [-0.05, 0) is 36.6 Å². The van der Waals surface area contributed by atoms with Crippen LogP contribution in [0.2, 0.25) is 0 Å². The first-order valence-electron chi connectivity index (χ1n) is 8.07. The summed E-state index contributed by atoms with van der Waals surface area (Å²) in [6, 6.07) is 5.66. The van der Waals surface area contributed by atoms with Gasteiger partial charge in [0.15, 0.2) is 0 Å². The summed E-state index contributed by atoms with van der Waals surface area (Å²) >= 11 is -2.18. The molecule has 0 aliphatic carbocycles. The maximum atomic E-state index is 13.3. The Morgan fingerprint density at radius 3 is 2.77 bits per heavy atom. The topological polar surface area (TPSA) is 77.5 Å². The van der Waals surface area contributed by atoms with Gasteiger partial charge < -0.3 is 4.90 Å². The molecule has 1 saturated heterocycles. The molecule has 0 bridgehead atoms. The van der Waals surface area contributed by atoms with Gasteiger partial charge in [0, 0.05) is 36.4 Å². The predicted molar refractivity (Wildman–Crippen MR) is 93.6 cm³/mol. The van der Waals surface area contributed by atoms with E-state index in [0.717, 1.165) is 12.5 Å². The first kappa shape index (κ1) is 19.0. The number of piperidine rings is 1. The summed E-state index contributed by atoms with van der Waals surface area (Å²) in [6.07, 6.45) is -2.35. The zero-order valence-electron chi connectivity index (χ0n) is 14.0. The molecule has 0 radical (unpaired) electrons. The van der Waals surface area contributed by atoms with E-state index in [0.29, 0.717) is 24.2 Å². The van der Waals surface area contributed by atoms with Gasteiger partial charge in [0.25, 0.3) is 0 Å². The number of nitrogens with zero attached hydrogens (tertiary/aromatic N) is 2. The standard InChI is InChI=1S/C16H19F3N4O2S/c1-10-7-11(21-22-26(24)25)9-23(8-10)14-5-4-13(16(17,18)19)15-12(14)3-2-6-20-15/h2-6,10-11,21-22H,7-9H2,1H3,(H,24,25)/t10-,11+/m0/s1. The molecule has 0 spiro atoms. The minimum absolute atomic E-state index is 0.0742. The molecule has 1 fully saturated rings. The van der Waals surface area contributed by atoms with Crippen LogP contribution in [0.1, 0.15) is 18.9 Å². The largest absolute Gasteiger partial charge is 0.418 e. The molecule has 3 rings (SSSR count). The average Bonchev–Trinajstić information content (AvgIpc) is 2.57. The van der Waals surface area contributed by atoms with Crippen molar-refractivity contribution < 1.29 is 21.9 Å². The zero-order valence-corrected chi connectivity index (χ0v) is 14.8. The highest BCUT2D eigenvalue weighted by Gasteiger charge is 2.34. The van der Waals surface area contributed by atoms with Gasteiger partial charge in [0.1, 0.15) is 0 Å². The Morgan fingerprint density at radius 1 is 1.31 bits per heavy atom. The van der Waals surface area contributed by atoms with Crippen molar-refractivity contribution in [3.05, 3.63) is 36.0 Å². The van der Waals surface area contributed by atoms with E-state index in [1.54, 1.807) is 12.1 Å². The van der Waals surface area contributed by atoms with Crippen molar-refractivity contribution in [2.45, 2.75) is 25.6 Å². The van der Waals surface area contributed by atoms with Crippen LogP contribution in [-0.4, -0.2) is 32.9 Å². The smallest absolute Gasteiger partial charge is 0.369 e. The van der Waals surface area contributed by atoms with Crippen LogP contribution in [0.15, 0.2) is 30.5 Å². The summed E-state index contributed by atoms with van der Waals surface area (Å²) < 4.78 is 59.4. The first-order chi connectivity index (χ1) is 12.3. The average molecular weight is 388 g/mol. The van der Waals surface area contributed by atoms with E-state index in [9.17, 15) is 17.4 Å². The summed E-state index contributed by atoms with van der Waals surface area (Å²) in [7, 11) is 0. The molecule has 26 heavy (non-hydrogen) atoms. The molecule has 142 valence electrons. The van der Waals surface area contributed by atoms with Crippen molar-refractivity contribution in [3.8, 4) is 0 Å². The summed E-state index contributed by atoms with van der Waals surface area (Å²) in [5.41, 5.74) is 2.64. The van der Waals surface area contributed by atoms with E-state index in [1.807, 2.05) is 11.8 Å². The van der Waals surface area contributed by atoms with E-state index in [-0.39, 0.29) is 17.5 Å². The lowest BCUT2D eigenvalue weighted by Gasteiger charge is -2.38. The highest BCUT2D eigenvalue weighted by Crippen LogP contribution is 2.38. The number of pyridine rings is 1. The summed E-state index contributed by atoms with van der Waals surface area (Å²) in [4.78, 5) is 8.20. The third-order valence-electron chi connectivity index (χ3n) is 4.40. The van der Waals surface area contributed by atoms with Crippen molar-refractivity contribution in [2.75, 3.05) is 18.0 Å². The minimum Gasteiger partial charge on any atom is -0.369 e. The maximum Gasteiger partial charge on any atom is 0.418 e. The van der Waals surface area contributed by atoms with Crippen LogP contribution in [0.5, 0.6) is 0 Å². The number of halogens is 3. The number of hydrazine groups is 1. The highest BCUT2D eigenvalue weighted by atomic mass is 32.2. The number of fused-ring (bicyclic) bond motifs is 1. The number of aromatic nitrogens is 1. The lowest BCUT2D eigenvalue weighted by Crippen LogP contribution is -2.53. The molecule has 3 atom stereocenters. The van der Waals surface area contributed by atoms with Crippen molar-refractivity contribution in [3.63, 3.8) is 0 Å². The fourth-order valence-electron chi connectivity index (χ4n) is 3.45. The molecule has 1 aromatic heterocycles. The predicted octanol–water partition coefficient (Wildman–Crippen LogP) is 2.70. The number of hydrogen-bond donors (Lipinski definition) is 3. The zero-order chi connectivity index (χ0) is 18.9. The molecule has 1 aliphatic heterocycles. The molecular formula is C16H19F3N4O2S. The van der Waals surface area contributed by atoms with Crippen LogP contribution in [-0.2, 0) is 17.4 Å². The Kier molecular flexibility index (Phi) is 5.47. The van der Waals surface area contributed by atoms with Crippen LogP contribution in [0.3, 0.4) is 0 Å². The molecule has 1 aliphatic rings. The second kappa shape index (κ2) is 7.47. The fraction of sp³-hybridized carbons (Fsp3) is 0.438. The molecule has 3 N–H and O–H groups in total. The van der Waals surface area contributed by atoms with Gasteiger partial charge >= 0.3 is 6.18 Å². The Hall–Kier alpha value is -1.75. The normalized spacial score (nSPS) is 22.6. The van der Waals surface area contributed by atoms with Gasteiger partial charge in [0.2, 0.25) is 11.3 Å². The molecular weight excluding hydrogens is 369 g/mol. The number of anilines is 1. The summed E-state index contributed by atoms with van der Waals surface area (Å²) in [6.45, 7) is 3.20. The quantitative estimate of drug-likeness (QED) is 0.555. The Bertz CT molecular complexity index is 818. The Morgan fingerprint density at radius 2 is 2.08 bits per heavy atom. The maximum absolute atomic E-state index is 13.3. The van der Waals surface area contributed by atoms with Crippen molar-refractivity contribution in [1.82, 2.24) is 15.2 Å². The number of rotatable bonds is 4. The molecule has 1 unspecified atom stereocenters. The van der Waals surface area contributed by atoms with E-state index >= 15 is 0 Å². The lowest BCUT2D eigenvalue weighted by atomic mass is 9.95. The first-order valence-corrected chi connectivity index (χ1v) is 9.18. The van der Waals surface area contributed by atoms with Gasteiger partial charge in [-0.3, -0.25) is 9.54 Å². The molecule has 0 saturated carbocycles. The SMILES string of the molecule is C[C@H]1C[C@@H](NNS(=O)O)CN(c2ccc(C(F)(F)F)c3ncccc23)C1. The van der Waals surface area contributed by atoms with Crippen LogP contribution >= 0.6 is 0 Å². The number of hydrogen-bond acceptors (Lipinski definition) is 4. The Balaban J connectivity index is 1.96. The van der Waals surface area contributed by atoms with E-state index < -0.39 is 23.0 Å². The molecule has 0 amide bonds. The van der Waals surface area contributed by atoms with Crippen molar-refractivity contribution in [2.24, 2.45) is 5.92 Å². The fourth-order valence-corrected chi connectivity index (χ4v) is 3.72. The number of nitrogens with one attached hydrogen (secondary N) is 2. The molecule has 2 aromatic rings. The van der Waals surface area contributed by atoms with Gasteiger partial charge in [-0.2, -0.15) is 18.0 Å². The second-order valence-electron chi connectivity index (χ2n) is 6.47. The summed E-state index contributed by atoms with van der Waals surface area (Å²) in [5, 5.41) is 0.439. The van der Waals surface area contributed by atoms with Crippen LogP contribution in [0.25, 0.3) is 10.9 Å². The molecule has 10 heteroatoms.